The molecule has 4 N–H and O–H groups in total. The highest BCUT2D eigenvalue weighted by atomic mass is 16.4. The van der Waals surface area contributed by atoms with Gasteiger partial charge in [0.25, 0.3) is 0 Å². The van der Waals surface area contributed by atoms with E-state index in [1.54, 1.807) is 24.3 Å². The van der Waals surface area contributed by atoms with Crippen LogP contribution in [0.1, 0.15) is 38.2 Å². The third-order valence-corrected chi connectivity index (χ3v) is 3.77. The average molecular weight is 350 g/mol. The number of unbranched alkanes of at least 4 members (excludes halogenated alkanes) is 2. The van der Waals surface area contributed by atoms with Gasteiger partial charge < -0.3 is 20.8 Å². The van der Waals surface area contributed by atoms with Crippen LogP contribution in [-0.2, 0) is 20.8 Å². The zero-order valence-electron chi connectivity index (χ0n) is 14.4. The smallest absolute Gasteiger partial charge is 0.326 e. The second-order valence-electron chi connectivity index (χ2n) is 5.90. The average Bonchev–Trinajstić information content (AvgIpc) is 2.57. The molecule has 1 aromatic rings. The van der Waals surface area contributed by atoms with Crippen LogP contribution in [0.3, 0.4) is 0 Å². The van der Waals surface area contributed by atoms with E-state index in [4.69, 9.17) is 0 Å². The first-order valence-corrected chi connectivity index (χ1v) is 8.46. The molecule has 0 aliphatic heterocycles. The van der Waals surface area contributed by atoms with Crippen LogP contribution in [0.25, 0.3) is 0 Å². The largest absolute Gasteiger partial charge is 0.480 e. The number of carbonyl (C=O) groups excluding carboxylic acids is 1. The van der Waals surface area contributed by atoms with Crippen molar-refractivity contribution in [3.8, 4) is 0 Å². The summed E-state index contributed by atoms with van der Waals surface area (Å²) >= 11 is 0. The number of carbonyl (C=O) groups is 3. The zero-order valence-corrected chi connectivity index (χ0v) is 14.4. The fourth-order valence-electron chi connectivity index (χ4n) is 2.39. The highest BCUT2D eigenvalue weighted by Crippen LogP contribution is 2.04. The molecule has 0 saturated heterocycles. The number of rotatable bonds is 12. The van der Waals surface area contributed by atoms with Gasteiger partial charge in [-0.15, -0.1) is 0 Å². The van der Waals surface area contributed by atoms with Crippen LogP contribution in [0.2, 0.25) is 0 Å². The molecule has 0 aromatic heterocycles. The van der Waals surface area contributed by atoms with E-state index in [1.807, 2.05) is 13.0 Å². The van der Waals surface area contributed by atoms with Crippen molar-refractivity contribution < 1.29 is 24.6 Å². The van der Waals surface area contributed by atoms with Crippen molar-refractivity contribution in [2.24, 2.45) is 0 Å². The van der Waals surface area contributed by atoms with Crippen LogP contribution in [0.15, 0.2) is 30.3 Å². The van der Waals surface area contributed by atoms with E-state index in [0.29, 0.717) is 6.54 Å². The van der Waals surface area contributed by atoms with Gasteiger partial charge in [-0.2, -0.15) is 0 Å². The Kier molecular flexibility index (Phi) is 9.24. The highest BCUT2D eigenvalue weighted by molar-refractivity contribution is 5.87. The molecule has 7 heteroatoms. The van der Waals surface area contributed by atoms with Crippen LogP contribution in [-0.4, -0.2) is 46.7 Å². The molecule has 138 valence electrons. The van der Waals surface area contributed by atoms with Gasteiger partial charge in [0, 0.05) is 6.42 Å². The van der Waals surface area contributed by atoms with Crippen molar-refractivity contribution >= 4 is 17.8 Å². The van der Waals surface area contributed by atoms with Crippen LogP contribution < -0.4 is 10.6 Å². The Labute approximate surface area is 147 Å². The predicted octanol–water partition coefficient (Wildman–Crippen LogP) is 1.42. The predicted molar refractivity (Wildman–Crippen MR) is 93.3 cm³/mol. The first-order chi connectivity index (χ1) is 11.9. The number of carboxylic acid groups (broad SMARTS) is 2. The summed E-state index contributed by atoms with van der Waals surface area (Å²) in [6, 6.07) is 6.83. The number of nitrogens with one attached hydrogen (secondary N) is 2. The molecule has 0 fully saturated rings. The summed E-state index contributed by atoms with van der Waals surface area (Å²) in [7, 11) is 0. The molecule has 1 amide bonds. The molecule has 0 heterocycles. The molecule has 1 aromatic carbocycles. The number of aliphatic carboxylic acids is 2. The van der Waals surface area contributed by atoms with Gasteiger partial charge in [-0.05, 0) is 18.5 Å². The quantitative estimate of drug-likeness (QED) is 0.424. The third kappa shape index (κ3) is 8.30. The molecule has 0 aliphatic carbocycles. The van der Waals surface area contributed by atoms with Crippen LogP contribution in [0.4, 0.5) is 0 Å². The van der Waals surface area contributed by atoms with Gasteiger partial charge in [-0.3, -0.25) is 9.59 Å². The number of hydrogen-bond donors (Lipinski definition) is 4. The summed E-state index contributed by atoms with van der Waals surface area (Å²) in [5, 5.41) is 23.7. The zero-order chi connectivity index (χ0) is 18.7. The lowest BCUT2D eigenvalue weighted by Crippen LogP contribution is -2.46. The van der Waals surface area contributed by atoms with E-state index < -0.39 is 29.9 Å². The Balaban J connectivity index is 2.56. The molecule has 0 saturated carbocycles. The Morgan fingerprint density at radius 2 is 1.64 bits per heavy atom. The lowest BCUT2D eigenvalue weighted by atomic mass is 10.1. The maximum Gasteiger partial charge on any atom is 0.326 e. The normalized spacial score (nSPS) is 13.0. The van der Waals surface area contributed by atoms with E-state index in [0.717, 1.165) is 24.8 Å². The van der Waals surface area contributed by atoms with Crippen molar-refractivity contribution in [1.82, 2.24) is 10.6 Å². The first-order valence-electron chi connectivity index (χ1n) is 8.46. The van der Waals surface area contributed by atoms with Gasteiger partial charge in [0.05, 0.1) is 6.42 Å². The summed E-state index contributed by atoms with van der Waals surface area (Å²) in [6.07, 6.45) is 2.65. The lowest BCUT2D eigenvalue weighted by Gasteiger charge is -2.18. The Bertz CT molecular complexity index is 562. The maximum absolute atomic E-state index is 12.1. The van der Waals surface area contributed by atoms with Crippen LogP contribution in [0.5, 0.6) is 0 Å². The summed E-state index contributed by atoms with van der Waals surface area (Å²) < 4.78 is 0. The monoisotopic (exact) mass is 350 g/mol. The van der Waals surface area contributed by atoms with E-state index in [2.05, 4.69) is 10.6 Å². The number of hydrogen-bond acceptors (Lipinski definition) is 4. The summed E-state index contributed by atoms with van der Waals surface area (Å²) in [6.45, 7) is 2.55. The molecule has 0 unspecified atom stereocenters. The van der Waals surface area contributed by atoms with E-state index in [-0.39, 0.29) is 12.8 Å². The molecule has 0 spiro atoms. The van der Waals surface area contributed by atoms with Crippen molar-refractivity contribution in [3.63, 3.8) is 0 Å². The van der Waals surface area contributed by atoms with E-state index in [1.165, 1.54) is 0 Å². The van der Waals surface area contributed by atoms with Crippen molar-refractivity contribution in [1.29, 1.82) is 0 Å². The fraction of sp³-hybridized carbons (Fsp3) is 0.500. The van der Waals surface area contributed by atoms with Gasteiger partial charge in [0.1, 0.15) is 12.1 Å². The van der Waals surface area contributed by atoms with Crippen molar-refractivity contribution in [2.75, 3.05) is 6.54 Å². The molecule has 2 atom stereocenters. The maximum atomic E-state index is 12.1. The van der Waals surface area contributed by atoms with Crippen LogP contribution in [0, 0.1) is 0 Å². The molecular weight excluding hydrogens is 324 g/mol. The minimum Gasteiger partial charge on any atom is -0.480 e. The van der Waals surface area contributed by atoms with E-state index in [9.17, 15) is 24.6 Å². The number of carboxylic acids is 2. The Morgan fingerprint density at radius 1 is 1.00 bits per heavy atom. The molecule has 25 heavy (non-hydrogen) atoms. The Hall–Kier alpha value is -2.41. The molecule has 1 rings (SSSR count). The lowest BCUT2D eigenvalue weighted by molar-refractivity contribution is -0.143. The second kappa shape index (κ2) is 11.2. The van der Waals surface area contributed by atoms with Gasteiger partial charge in [-0.1, -0.05) is 50.1 Å². The summed E-state index contributed by atoms with van der Waals surface area (Å²) in [5.41, 5.74) is 0.780. The van der Waals surface area contributed by atoms with Gasteiger partial charge in [-0.25, -0.2) is 4.79 Å². The van der Waals surface area contributed by atoms with Gasteiger partial charge >= 0.3 is 11.9 Å². The standard InChI is InChI=1S/C18H26N2O5/c1-2-3-7-10-19-14(17(22)23)12-16(21)20-15(18(24)25)11-13-8-5-4-6-9-13/h4-6,8-9,14-15,19H,2-3,7,10-12H2,1H3,(H,20,21)(H,22,23)(H,24,25)/t14-,15+/m0/s1. The van der Waals surface area contributed by atoms with Crippen LogP contribution >= 0.6 is 0 Å². The molecule has 7 nitrogen and oxygen atoms in total. The number of benzene rings is 1. The second-order valence-corrected chi connectivity index (χ2v) is 5.90. The minimum atomic E-state index is -1.15. The highest BCUT2D eigenvalue weighted by Gasteiger charge is 2.25. The van der Waals surface area contributed by atoms with Crippen molar-refractivity contribution in [3.05, 3.63) is 35.9 Å². The Morgan fingerprint density at radius 3 is 2.20 bits per heavy atom. The molecular formula is C18H26N2O5. The van der Waals surface area contributed by atoms with Crippen molar-refractivity contribution in [2.45, 2.75) is 51.1 Å². The SMILES string of the molecule is CCCCCN[C@@H](CC(=O)N[C@H](Cc1ccccc1)C(=O)O)C(=O)O. The fourth-order valence-corrected chi connectivity index (χ4v) is 2.39. The number of amides is 1. The van der Waals surface area contributed by atoms with Gasteiger partial charge in [0.15, 0.2) is 0 Å². The topological polar surface area (TPSA) is 116 Å². The van der Waals surface area contributed by atoms with Gasteiger partial charge in [0.2, 0.25) is 5.91 Å². The summed E-state index contributed by atoms with van der Waals surface area (Å²) in [5.74, 6) is -2.87. The third-order valence-electron chi connectivity index (χ3n) is 3.77. The molecule has 0 bridgehead atoms. The summed E-state index contributed by atoms with van der Waals surface area (Å²) in [4.78, 5) is 34.7. The molecule has 0 aliphatic rings. The molecule has 0 radical (unpaired) electrons. The first kappa shape index (κ1) is 20.6. The minimum absolute atomic E-state index is 0.142. The van der Waals surface area contributed by atoms with E-state index >= 15 is 0 Å².